The number of imidazole rings is 1. The van der Waals surface area contributed by atoms with Crippen LogP contribution in [0.5, 0.6) is 0 Å². The lowest BCUT2D eigenvalue weighted by Gasteiger charge is -2.06. The quantitative estimate of drug-likeness (QED) is 0.677. The van der Waals surface area contributed by atoms with Gasteiger partial charge in [-0.1, -0.05) is 35.1 Å². The topological polar surface area (TPSA) is 69.0 Å². The van der Waals surface area contributed by atoms with Crippen LogP contribution in [0.4, 0.5) is 5.13 Å². The van der Waals surface area contributed by atoms with Crippen LogP contribution in [0.15, 0.2) is 24.3 Å². The fourth-order valence-electron chi connectivity index (χ4n) is 2.55. The second-order valence-electron chi connectivity index (χ2n) is 5.07. The maximum Gasteiger partial charge on any atom is 0.351 e. The highest BCUT2D eigenvalue weighted by molar-refractivity contribution is 7.18. The summed E-state index contributed by atoms with van der Waals surface area (Å²) in [5, 5.41) is 3.95. The predicted octanol–water partition coefficient (Wildman–Crippen LogP) is 3.61. The van der Waals surface area contributed by atoms with E-state index in [2.05, 4.69) is 37.6 Å². The summed E-state index contributed by atoms with van der Waals surface area (Å²) in [5.41, 5.74) is 2.14. The molecule has 0 amide bonds. The maximum atomic E-state index is 11.5. The normalized spacial score (nSPS) is 11.0. The Morgan fingerprint density at radius 1 is 1.38 bits per heavy atom. The molecular weight excluding hydrogens is 348 g/mol. The Morgan fingerprint density at radius 3 is 2.92 bits per heavy atom. The number of anilines is 1. The van der Waals surface area contributed by atoms with E-state index in [9.17, 15) is 4.79 Å². The SMILES string of the molecule is CCn1c(CCNc2nc(Cl)c(C(=O)OC)s2)nc2ccccc21. The number of hydrogen-bond acceptors (Lipinski definition) is 6. The van der Waals surface area contributed by atoms with E-state index in [1.165, 1.54) is 18.4 Å². The van der Waals surface area contributed by atoms with Gasteiger partial charge in [0.2, 0.25) is 0 Å². The Balaban J connectivity index is 1.70. The molecule has 3 rings (SSSR count). The summed E-state index contributed by atoms with van der Waals surface area (Å²) in [6, 6.07) is 8.10. The fourth-order valence-corrected chi connectivity index (χ4v) is 3.67. The average molecular weight is 365 g/mol. The molecule has 0 aliphatic rings. The van der Waals surface area contributed by atoms with Crippen LogP contribution >= 0.6 is 22.9 Å². The van der Waals surface area contributed by atoms with E-state index in [0.717, 1.165) is 29.8 Å². The van der Waals surface area contributed by atoms with E-state index >= 15 is 0 Å². The van der Waals surface area contributed by atoms with Crippen LogP contribution < -0.4 is 5.32 Å². The zero-order valence-corrected chi connectivity index (χ0v) is 14.9. The first kappa shape index (κ1) is 16.7. The molecule has 3 aromatic rings. The number of fused-ring (bicyclic) bond motifs is 1. The van der Waals surface area contributed by atoms with E-state index < -0.39 is 5.97 Å². The molecule has 1 aromatic carbocycles. The van der Waals surface area contributed by atoms with Gasteiger partial charge in [-0.3, -0.25) is 0 Å². The van der Waals surface area contributed by atoms with Crippen molar-refractivity contribution < 1.29 is 9.53 Å². The summed E-state index contributed by atoms with van der Waals surface area (Å²) in [7, 11) is 1.32. The maximum absolute atomic E-state index is 11.5. The minimum Gasteiger partial charge on any atom is -0.465 e. The van der Waals surface area contributed by atoms with Gasteiger partial charge in [-0.25, -0.2) is 14.8 Å². The Hall–Kier alpha value is -2.12. The van der Waals surface area contributed by atoms with Gasteiger partial charge in [0.25, 0.3) is 0 Å². The summed E-state index contributed by atoms with van der Waals surface area (Å²) in [6.45, 7) is 3.62. The van der Waals surface area contributed by atoms with E-state index in [1.54, 1.807) is 0 Å². The zero-order valence-electron chi connectivity index (χ0n) is 13.4. The smallest absolute Gasteiger partial charge is 0.351 e. The third-order valence-corrected chi connectivity index (χ3v) is 5.01. The molecule has 0 aliphatic heterocycles. The first-order valence-corrected chi connectivity index (χ1v) is 8.76. The zero-order chi connectivity index (χ0) is 17.1. The van der Waals surface area contributed by atoms with Crippen molar-refractivity contribution in [2.24, 2.45) is 0 Å². The van der Waals surface area contributed by atoms with E-state index in [-0.39, 0.29) is 5.15 Å². The Kier molecular flexibility index (Phi) is 5.01. The number of esters is 1. The van der Waals surface area contributed by atoms with Gasteiger partial charge < -0.3 is 14.6 Å². The molecule has 0 saturated carbocycles. The van der Waals surface area contributed by atoms with Crippen LogP contribution in [0.3, 0.4) is 0 Å². The van der Waals surface area contributed by atoms with Crippen molar-refractivity contribution in [1.29, 1.82) is 0 Å². The van der Waals surface area contributed by atoms with Crippen molar-refractivity contribution >= 4 is 45.1 Å². The molecule has 6 nitrogen and oxygen atoms in total. The number of para-hydroxylation sites is 2. The second-order valence-corrected chi connectivity index (χ2v) is 6.43. The summed E-state index contributed by atoms with van der Waals surface area (Å²) >= 11 is 7.14. The van der Waals surface area contributed by atoms with Gasteiger partial charge in [0.15, 0.2) is 15.2 Å². The van der Waals surface area contributed by atoms with Crippen molar-refractivity contribution in [1.82, 2.24) is 14.5 Å². The average Bonchev–Trinajstić information content (AvgIpc) is 3.14. The van der Waals surface area contributed by atoms with Gasteiger partial charge in [-0.15, -0.1) is 0 Å². The lowest BCUT2D eigenvalue weighted by molar-refractivity contribution is 0.0606. The van der Waals surface area contributed by atoms with Crippen molar-refractivity contribution in [3.8, 4) is 0 Å². The third-order valence-electron chi connectivity index (χ3n) is 3.63. The highest BCUT2D eigenvalue weighted by atomic mass is 35.5. The molecule has 24 heavy (non-hydrogen) atoms. The Labute approximate surface area is 148 Å². The number of aryl methyl sites for hydroxylation is 1. The highest BCUT2D eigenvalue weighted by Gasteiger charge is 2.17. The molecule has 0 saturated heterocycles. The number of carbonyl (C=O) groups is 1. The molecule has 0 atom stereocenters. The molecular formula is C16H17ClN4O2S. The van der Waals surface area contributed by atoms with Gasteiger partial charge in [-0.2, -0.15) is 0 Å². The molecule has 0 radical (unpaired) electrons. The second kappa shape index (κ2) is 7.19. The number of thiazole rings is 1. The molecule has 0 bridgehead atoms. The summed E-state index contributed by atoms with van der Waals surface area (Å²) in [4.78, 5) is 20.7. The summed E-state index contributed by atoms with van der Waals surface area (Å²) in [5.74, 6) is 0.542. The Bertz CT molecular complexity index is 874. The number of benzene rings is 1. The molecule has 2 heterocycles. The molecule has 8 heteroatoms. The highest BCUT2D eigenvalue weighted by Crippen LogP contribution is 2.27. The van der Waals surface area contributed by atoms with Gasteiger partial charge in [-0.05, 0) is 19.1 Å². The van der Waals surface area contributed by atoms with Crippen molar-refractivity contribution in [3.63, 3.8) is 0 Å². The standard InChI is InChI=1S/C16H17ClN4O2S/c1-3-21-11-7-5-4-6-10(11)19-12(21)8-9-18-16-20-14(17)13(24-16)15(22)23-2/h4-7H,3,8-9H2,1-2H3,(H,18,20). The van der Waals surface area contributed by atoms with E-state index in [0.29, 0.717) is 16.6 Å². The third kappa shape index (κ3) is 3.22. The van der Waals surface area contributed by atoms with Crippen molar-refractivity contribution in [2.45, 2.75) is 19.9 Å². The summed E-state index contributed by atoms with van der Waals surface area (Å²) in [6.07, 6.45) is 0.743. The number of aromatic nitrogens is 3. The Morgan fingerprint density at radius 2 is 2.17 bits per heavy atom. The molecule has 1 N–H and O–H groups in total. The van der Waals surface area contributed by atoms with Crippen LogP contribution in [-0.2, 0) is 17.7 Å². The minimum atomic E-state index is -0.474. The number of rotatable bonds is 6. The lowest BCUT2D eigenvalue weighted by Crippen LogP contribution is -2.09. The number of nitrogens with zero attached hydrogens (tertiary/aromatic N) is 3. The lowest BCUT2D eigenvalue weighted by atomic mass is 10.3. The van der Waals surface area contributed by atoms with Crippen LogP contribution in [0.25, 0.3) is 11.0 Å². The minimum absolute atomic E-state index is 0.162. The van der Waals surface area contributed by atoms with E-state index in [1.807, 2.05) is 18.2 Å². The van der Waals surface area contributed by atoms with Crippen LogP contribution in [-0.4, -0.2) is 34.2 Å². The summed E-state index contributed by atoms with van der Waals surface area (Å²) < 4.78 is 6.87. The van der Waals surface area contributed by atoms with Crippen LogP contribution in [0.2, 0.25) is 5.15 Å². The van der Waals surface area contributed by atoms with Crippen molar-refractivity contribution in [3.05, 3.63) is 40.1 Å². The molecule has 0 aliphatic carbocycles. The molecule has 0 spiro atoms. The number of carbonyl (C=O) groups excluding carboxylic acids is 1. The first-order valence-electron chi connectivity index (χ1n) is 7.56. The number of halogens is 1. The fraction of sp³-hybridized carbons (Fsp3) is 0.312. The molecule has 2 aromatic heterocycles. The van der Waals surface area contributed by atoms with Crippen LogP contribution in [0, 0.1) is 0 Å². The monoisotopic (exact) mass is 364 g/mol. The molecule has 0 unspecified atom stereocenters. The number of methoxy groups -OCH3 is 1. The first-order chi connectivity index (χ1) is 11.6. The predicted molar refractivity (Wildman–Crippen MR) is 96.1 cm³/mol. The number of ether oxygens (including phenoxy) is 1. The number of hydrogen-bond donors (Lipinski definition) is 1. The van der Waals surface area contributed by atoms with Gasteiger partial charge in [0.05, 0.1) is 18.1 Å². The molecule has 126 valence electrons. The van der Waals surface area contributed by atoms with Crippen LogP contribution in [0.1, 0.15) is 22.4 Å². The van der Waals surface area contributed by atoms with Gasteiger partial charge in [0.1, 0.15) is 5.82 Å². The molecule has 0 fully saturated rings. The largest absolute Gasteiger partial charge is 0.465 e. The van der Waals surface area contributed by atoms with Gasteiger partial charge in [0, 0.05) is 19.5 Å². The number of nitrogens with one attached hydrogen (secondary N) is 1. The van der Waals surface area contributed by atoms with Crippen molar-refractivity contribution in [2.75, 3.05) is 19.0 Å². The van der Waals surface area contributed by atoms with E-state index in [4.69, 9.17) is 11.6 Å². The van der Waals surface area contributed by atoms with Gasteiger partial charge >= 0.3 is 5.97 Å².